The Morgan fingerprint density at radius 2 is 1.94 bits per heavy atom. The Labute approximate surface area is 178 Å². The number of benzene rings is 1. The monoisotopic (exact) mass is 455 g/mol. The van der Waals surface area contributed by atoms with Crippen LogP contribution >= 0.6 is 0 Å². The van der Waals surface area contributed by atoms with Gasteiger partial charge in [0.05, 0.1) is 18.0 Å². The van der Waals surface area contributed by atoms with E-state index in [9.17, 15) is 26.7 Å². The van der Waals surface area contributed by atoms with E-state index in [0.717, 1.165) is 26.2 Å². The van der Waals surface area contributed by atoms with Gasteiger partial charge in [0.1, 0.15) is 11.9 Å². The zero-order chi connectivity index (χ0) is 23.4. The van der Waals surface area contributed by atoms with Crippen LogP contribution in [0.4, 0.5) is 22.0 Å². The Balaban J connectivity index is 1.96. The van der Waals surface area contributed by atoms with Crippen molar-refractivity contribution >= 4 is 10.9 Å². The number of hydrogen-bond donors (Lipinski definition) is 1. The van der Waals surface area contributed by atoms with Gasteiger partial charge in [0.25, 0.3) is 5.56 Å². The lowest BCUT2D eigenvalue weighted by molar-refractivity contribution is -0.275. The normalized spacial score (nSPS) is 25.9. The van der Waals surface area contributed by atoms with Crippen molar-refractivity contribution in [2.45, 2.75) is 37.6 Å². The van der Waals surface area contributed by atoms with Gasteiger partial charge in [-0.05, 0) is 19.1 Å². The Hall–Kier alpha value is -3.08. The van der Waals surface area contributed by atoms with Crippen LogP contribution in [0.1, 0.15) is 37.3 Å². The predicted molar refractivity (Wildman–Crippen MR) is 103 cm³/mol. The molecule has 0 aliphatic carbocycles. The summed E-state index contributed by atoms with van der Waals surface area (Å²) in [7, 11) is 1.09. The van der Waals surface area contributed by atoms with Gasteiger partial charge in [0.15, 0.2) is 17.2 Å². The molecule has 0 radical (unpaired) electrons. The van der Waals surface area contributed by atoms with Crippen molar-refractivity contribution in [3.8, 4) is 5.75 Å². The van der Waals surface area contributed by atoms with E-state index in [4.69, 9.17) is 9.47 Å². The van der Waals surface area contributed by atoms with Crippen LogP contribution in [0.25, 0.3) is 10.9 Å². The molecule has 1 fully saturated rings. The van der Waals surface area contributed by atoms with Crippen molar-refractivity contribution < 1.29 is 31.4 Å². The van der Waals surface area contributed by atoms with Gasteiger partial charge in [-0.3, -0.25) is 9.78 Å². The van der Waals surface area contributed by atoms with Crippen molar-refractivity contribution in [1.29, 1.82) is 0 Å². The Bertz CT molecular complexity index is 1250. The number of nitrogens with one attached hydrogen (secondary N) is 1. The number of halogens is 5. The summed E-state index contributed by atoms with van der Waals surface area (Å²) in [5.74, 6) is -5.70. The Morgan fingerprint density at radius 1 is 1.22 bits per heavy atom. The zero-order valence-electron chi connectivity index (χ0n) is 17.1. The van der Waals surface area contributed by atoms with Crippen molar-refractivity contribution in [2.75, 3.05) is 7.11 Å². The van der Waals surface area contributed by atoms with Gasteiger partial charge in [-0.15, -0.1) is 0 Å². The first-order valence-corrected chi connectivity index (χ1v) is 9.60. The minimum atomic E-state index is -4.80. The predicted octanol–water partition coefficient (Wildman–Crippen LogP) is 4.42. The van der Waals surface area contributed by atoms with Gasteiger partial charge in [0.2, 0.25) is 5.82 Å². The zero-order valence-corrected chi connectivity index (χ0v) is 17.1. The molecule has 1 saturated heterocycles. The standard InChI is InChI=1S/C21H18F5N3O3/c1-9-14(10-4-5-12(22)15(23)16(10)31-3)17(32-20(9,2)21(24,25)26)18-28-13-6-7-27-8-11(13)19(30)29-18/h4-9,14,17H,1-3H3,(H,28,29,30)/t9-,14-,17+,20+/m0/s1. The summed E-state index contributed by atoms with van der Waals surface area (Å²) in [6.07, 6.45) is -3.55. The number of ether oxygens (including phenoxy) is 2. The van der Waals surface area contributed by atoms with Crippen LogP contribution in [0.5, 0.6) is 5.75 Å². The molecule has 2 aromatic heterocycles. The molecule has 1 N–H and O–H groups in total. The number of methoxy groups -OCH3 is 1. The van der Waals surface area contributed by atoms with Crippen molar-refractivity contribution in [3.05, 3.63) is 64.0 Å². The fourth-order valence-corrected chi connectivity index (χ4v) is 4.19. The second-order valence-electron chi connectivity index (χ2n) is 7.79. The first-order chi connectivity index (χ1) is 15.0. The number of nitrogens with zero attached hydrogens (tertiary/aromatic N) is 2. The lowest BCUT2D eigenvalue weighted by Gasteiger charge is -2.32. The molecular formula is C21H18F5N3O3. The molecule has 1 aromatic carbocycles. The largest absolute Gasteiger partial charge is 0.493 e. The van der Waals surface area contributed by atoms with Crippen LogP contribution in [0.15, 0.2) is 35.4 Å². The fraction of sp³-hybridized carbons (Fsp3) is 0.381. The third kappa shape index (κ3) is 3.22. The van der Waals surface area contributed by atoms with E-state index in [1.54, 1.807) is 0 Å². The highest BCUT2D eigenvalue weighted by atomic mass is 19.4. The van der Waals surface area contributed by atoms with Crippen molar-refractivity contribution in [3.63, 3.8) is 0 Å². The van der Waals surface area contributed by atoms with Crippen LogP contribution in [-0.2, 0) is 4.74 Å². The molecule has 4 rings (SSSR count). The summed E-state index contributed by atoms with van der Waals surface area (Å²) in [4.78, 5) is 23.0. The van der Waals surface area contributed by atoms with Gasteiger partial charge < -0.3 is 14.5 Å². The molecule has 1 aliphatic heterocycles. The lowest BCUT2D eigenvalue weighted by atomic mass is 9.77. The molecule has 11 heteroatoms. The average Bonchev–Trinajstić information content (AvgIpc) is 3.02. The summed E-state index contributed by atoms with van der Waals surface area (Å²) < 4.78 is 80.8. The maximum atomic E-state index is 14.4. The second-order valence-corrected chi connectivity index (χ2v) is 7.79. The Morgan fingerprint density at radius 3 is 2.59 bits per heavy atom. The van der Waals surface area contributed by atoms with E-state index >= 15 is 0 Å². The molecule has 3 aromatic rings. The van der Waals surface area contributed by atoms with E-state index in [-0.39, 0.29) is 16.8 Å². The third-order valence-corrected chi connectivity index (χ3v) is 6.12. The highest BCUT2D eigenvalue weighted by Crippen LogP contribution is 2.59. The summed E-state index contributed by atoms with van der Waals surface area (Å²) in [5.41, 5.74) is -3.11. The number of hydrogen-bond acceptors (Lipinski definition) is 5. The summed E-state index contributed by atoms with van der Waals surface area (Å²) in [6, 6.07) is 3.43. The molecule has 3 heterocycles. The van der Waals surface area contributed by atoms with Crippen molar-refractivity contribution in [2.24, 2.45) is 5.92 Å². The number of alkyl halides is 3. The molecule has 0 unspecified atom stereocenters. The van der Waals surface area contributed by atoms with Gasteiger partial charge >= 0.3 is 6.18 Å². The number of aromatic amines is 1. The summed E-state index contributed by atoms with van der Waals surface area (Å²) in [5, 5.41) is 0.142. The molecule has 4 atom stereocenters. The number of H-pyrrole nitrogens is 1. The van der Waals surface area contributed by atoms with E-state index < -0.39 is 52.7 Å². The number of aromatic nitrogens is 3. The van der Waals surface area contributed by atoms with Gasteiger partial charge in [-0.2, -0.15) is 22.5 Å². The number of fused-ring (bicyclic) bond motifs is 1. The maximum absolute atomic E-state index is 14.4. The highest BCUT2D eigenvalue weighted by molar-refractivity contribution is 5.75. The minimum Gasteiger partial charge on any atom is -0.493 e. The smallest absolute Gasteiger partial charge is 0.417 e. The third-order valence-electron chi connectivity index (χ3n) is 6.12. The van der Waals surface area contributed by atoms with E-state index in [0.29, 0.717) is 5.52 Å². The molecule has 0 spiro atoms. The minimum absolute atomic E-state index is 0.0330. The SMILES string of the molecule is COc1c([C@H]2[C@H](c3nc(=O)c4cnccc4[nH]3)O[C@@](C)(C(F)(F)F)[C@H]2C)ccc(F)c1F. The number of pyridine rings is 1. The van der Waals surface area contributed by atoms with Crippen LogP contribution in [0, 0.1) is 17.6 Å². The van der Waals surface area contributed by atoms with Gasteiger partial charge in [-0.1, -0.05) is 13.0 Å². The summed E-state index contributed by atoms with van der Waals surface area (Å²) in [6.45, 7) is 2.17. The lowest BCUT2D eigenvalue weighted by Crippen LogP contribution is -2.46. The molecule has 0 amide bonds. The molecule has 170 valence electrons. The summed E-state index contributed by atoms with van der Waals surface area (Å²) >= 11 is 0. The maximum Gasteiger partial charge on any atom is 0.417 e. The van der Waals surface area contributed by atoms with E-state index in [2.05, 4.69) is 15.0 Å². The molecule has 32 heavy (non-hydrogen) atoms. The first kappa shape index (κ1) is 22.1. The first-order valence-electron chi connectivity index (χ1n) is 9.60. The fourth-order valence-electron chi connectivity index (χ4n) is 4.19. The topological polar surface area (TPSA) is 77.1 Å². The molecular weight excluding hydrogens is 437 g/mol. The highest BCUT2D eigenvalue weighted by Gasteiger charge is 2.65. The van der Waals surface area contributed by atoms with Crippen LogP contribution in [0.2, 0.25) is 0 Å². The molecule has 6 nitrogen and oxygen atoms in total. The quantitative estimate of drug-likeness (QED) is 0.592. The number of rotatable bonds is 3. The molecule has 0 bridgehead atoms. The molecule has 1 aliphatic rings. The van der Waals surface area contributed by atoms with E-state index in [1.807, 2.05) is 0 Å². The van der Waals surface area contributed by atoms with Crippen molar-refractivity contribution in [1.82, 2.24) is 15.0 Å². The van der Waals surface area contributed by atoms with Crippen LogP contribution in [-0.4, -0.2) is 33.8 Å². The van der Waals surface area contributed by atoms with E-state index in [1.165, 1.54) is 25.4 Å². The average molecular weight is 455 g/mol. The van der Waals surface area contributed by atoms with Gasteiger partial charge in [0, 0.05) is 29.8 Å². The Kier molecular flexibility index (Phi) is 5.19. The van der Waals surface area contributed by atoms with Gasteiger partial charge in [-0.25, -0.2) is 4.39 Å². The molecule has 0 saturated carbocycles. The van der Waals surface area contributed by atoms with Crippen LogP contribution in [0.3, 0.4) is 0 Å². The van der Waals surface area contributed by atoms with Crippen LogP contribution < -0.4 is 10.3 Å². The second kappa shape index (κ2) is 7.51.